The Morgan fingerprint density at radius 1 is 1.13 bits per heavy atom. The van der Waals surface area contributed by atoms with Crippen molar-refractivity contribution >= 4 is 0 Å². The van der Waals surface area contributed by atoms with E-state index < -0.39 is 0 Å². The molecule has 0 radical (unpaired) electrons. The number of rotatable bonds is 5. The summed E-state index contributed by atoms with van der Waals surface area (Å²) in [6.07, 6.45) is 9.89. The van der Waals surface area contributed by atoms with E-state index in [0.29, 0.717) is 0 Å². The Balaban J connectivity index is 2.52. The number of hydrogen-bond donors (Lipinski definition) is 0. The lowest BCUT2D eigenvalue weighted by Crippen LogP contribution is -2.25. The first-order valence-electron chi connectivity index (χ1n) is 6.84. The molecule has 0 aromatic carbocycles. The van der Waals surface area contributed by atoms with Crippen LogP contribution in [-0.2, 0) is 0 Å². The van der Waals surface area contributed by atoms with Crippen LogP contribution in [0, 0.1) is 17.8 Å². The van der Waals surface area contributed by atoms with Crippen LogP contribution in [-0.4, -0.2) is 0 Å². The fraction of sp³-hybridized carbons (Fsp3) is 0.867. The van der Waals surface area contributed by atoms with Gasteiger partial charge < -0.3 is 0 Å². The van der Waals surface area contributed by atoms with Crippen LogP contribution in [0.1, 0.15) is 65.7 Å². The Labute approximate surface area is 96.2 Å². The van der Waals surface area contributed by atoms with Crippen LogP contribution >= 0.6 is 0 Å². The van der Waals surface area contributed by atoms with Crippen molar-refractivity contribution in [2.45, 2.75) is 65.7 Å². The highest BCUT2D eigenvalue weighted by Gasteiger charge is 2.29. The molecule has 0 saturated heterocycles. The van der Waals surface area contributed by atoms with Gasteiger partial charge in [-0.1, -0.05) is 51.7 Å². The smallest absolute Gasteiger partial charge is 0.0180 e. The minimum absolute atomic E-state index is 0.832. The van der Waals surface area contributed by atoms with Gasteiger partial charge in [0.2, 0.25) is 0 Å². The van der Waals surface area contributed by atoms with Crippen molar-refractivity contribution in [1.29, 1.82) is 0 Å². The van der Waals surface area contributed by atoms with E-state index >= 15 is 0 Å². The van der Waals surface area contributed by atoms with E-state index in [1.807, 2.05) is 0 Å². The van der Waals surface area contributed by atoms with Gasteiger partial charge in [-0.15, -0.1) is 0 Å². The van der Waals surface area contributed by atoms with E-state index in [9.17, 15) is 0 Å². The van der Waals surface area contributed by atoms with Crippen LogP contribution in [0.2, 0.25) is 0 Å². The summed E-state index contributed by atoms with van der Waals surface area (Å²) in [5, 5.41) is 0. The first-order valence-corrected chi connectivity index (χ1v) is 6.84. The van der Waals surface area contributed by atoms with Crippen LogP contribution < -0.4 is 0 Å². The molecule has 1 rings (SSSR count). The molecule has 1 fully saturated rings. The third-order valence-corrected chi connectivity index (χ3v) is 4.08. The van der Waals surface area contributed by atoms with Crippen LogP contribution in [0.5, 0.6) is 0 Å². The van der Waals surface area contributed by atoms with Crippen LogP contribution in [0.3, 0.4) is 0 Å². The van der Waals surface area contributed by atoms with Crippen molar-refractivity contribution in [3.8, 4) is 0 Å². The molecule has 0 aliphatic heterocycles. The maximum absolute atomic E-state index is 4.18. The molecule has 88 valence electrons. The van der Waals surface area contributed by atoms with Gasteiger partial charge in [0.25, 0.3) is 0 Å². The molecule has 1 aliphatic rings. The summed E-state index contributed by atoms with van der Waals surface area (Å²) in [6.45, 7) is 11.0. The fourth-order valence-electron chi connectivity index (χ4n) is 3.37. The highest BCUT2D eigenvalue weighted by molar-refractivity contribution is 5.01. The van der Waals surface area contributed by atoms with Gasteiger partial charge in [-0.05, 0) is 43.9 Å². The van der Waals surface area contributed by atoms with Crippen molar-refractivity contribution < 1.29 is 0 Å². The molecule has 0 N–H and O–H groups in total. The minimum Gasteiger partial charge on any atom is -0.0999 e. The Hall–Kier alpha value is -0.260. The summed E-state index contributed by atoms with van der Waals surface area (Å²) in [7, 11) is 0. The van der Waals surface area contributed by atoms with Crippen molar-refractivity contribution in [3.63, 3.8) is 0 Å². The maximum Gasteiger partial charge on any atom is -0.0180 e. The predicted molar refractivity (Wildman–Crippen MR) is 69.0 cm³/mol. The van der Waals surface area contributed by atoms with Crippen molar-refractivity contribution in [2.24, 2.45) is 17.8 Å². The molecule has 0 spiro atoms. The van der Waals surface area contributed by atoms with E-state index in [-0.39, 0.29) is 0 Å². The van der Waals surface area contributed by atoms with Gasteiger partial charge in [-0.25, -0.2) is 0 Å². The van der Waals surface area contributed by atoms with Gasteiger partial charge in [-0.2, -0.15) is 0 Å². The minimum atomic E-state index is 0.832. The molecule has 0 amide bonds. The molecule has 3 atom stereocenters. The molecular weight excluding hydrogens is 180 g/mol. The second kappa shape index (κ2) is 6.35. The summed E-state index contributed by atoms with van der Waals surface area (Å²) < 4.78 is 0. The topological polar surface area (TPSA) is 0 Å². The summed E-state index contributed by atoms with van der Waals surface area (Å²) in [4.78, 5) is 0. The Bertz CT molecular complexity index is 192. The molecule has 0 bridgehead atoms. The molecule has 0 aromatic rings. The third-order valence-electron chi connectivity index (χ3n) is 4.08. The Morgan fingerprint density at radius 3 is 2.33 bits per heavy atom. The molecule has 1 saturated carbocycles. The zero-order chi connectivity index (χ0) is 11.3. The van der Waals surface area contributed by atoms with Gasteiger partial charge in [0.15, 0.2) is 0 Å². The third kappa shape index (κ3) is 3.66. The lowest BCUT2D eigenvalue weighted by Gasteiger charge is -2.36. The second-order valence-electron chi connectivity index (χ2n) is 5.47. The van der Waals surface area contributed by atoms with E-state index in [2.05, 4.69) is 27.4 Å². The van der Waals surface area contributed by atoms with Gasteiger partial charge in [0.05, 0.1) is 0 Å². The SMILES string of the molecule is C=C(C)C1CCC(CCC)CC1CCC. The lowest BCUT2D eigenvalue weighted by molar-refractivity contribution is 0.185. The lowest BCUT2D eigenvalue weighted by atomic mass is 9.69. The standard InChI is InChI=1S/C15H28/c1-5-7-13-9-10-15(12(3)4)14(11-13)8-6-2/h13-15H,3,5-11H2,1-2,4H3. The average Bonchev–Trinajstić information content (AvgIpc) is 2.18. The van der Waals surface area contributed by atoms with E-state index in [4.69, 9.17) is 0 Å². The number of allylic oxidation sites excluding steroid dienone is 1. The first kappa shape index (κ1) is 12.8. The largest absolute Gasteiger partial charge is 0.0999 e. The summed E-state index contributed by atoms with van der Waals surface area (Å²) in [5.41, 5.74) is 1.43. The molecule has 1 aliphatic carbocycles. The van der Waals surface area contributed by atoms with Crippen LogP contribution in [0.25, 0.3) is 0 Å². The monoisotopic (exact) mass is 208 g/mol. The number of hydrogen-bond acceptors (Lipinski definition) is 0. The molecule has 0 nitrogen and oxygen atoms in total. The highest BCUT2D eigenvalue weighted by Crippen LogP contribution is 2.41. The van der Waals surface area contributed by atoms with Gasteiger partial charge in [0, 0.05) is 0 Å². The van der Waals surface area contributed by atoms with E-state index in [1.165, 1.54) is 50.5 Å². The van der Waals surface area contributed by atoms with E-state index in [0.717, 1.165) is 17.8 Å². The van der Waals surface area contributed by atoms with Crippen molar-refractivity contribution in [3.05, 3.63) is 12.2 Å². The van der Waals surface area contributed by atoms with Crippen molar-refractivity contribution in [1.82, 2.24) is 0 Å². The summed E-state index contributed by atoms with van der Waals surface area (Å²) in [6, 6.07) is 0. The Kier molecular flexibility index (Phi) is 5.42. The van der Waals surface area contributed by atoms with Gasteiger partial charge >= 0.3 is 0 Å². The van der Waals surface area contributed by atoms with Crippen molar-refractivity contribution in [2.75, 3.05) is 0 Å². The first-order chi connectivity index (χ1) is 7.19. The Morgan fingerprint density at radius 2 is 1.80 bits per heavy atom. The molecule has 0 aromatic heterocycles. The second-order valence-corrected chi connectivity index (χ2v) is 5.47. The zero-order valence-corrected chi connectivity index (χ0v) is 10.9. The predicted octanol–water partition coefficient (Wildman–Crippen LogP) is 5.20. The van der Waals surface area contributed by atoms with Crippen LogP contribution in [0.15, 0.2) is 12.2 Å². The highest BCUT2D eigenvalue weighted by atomic mass is 14.3. The molecule has 3 unspecified atom stereocenters. The fourth-order valence-corrected chi connectivity index (χ4v) is 3.37. The van der Waals surface area contributed by atoms with E-state index in [1.54, 1.807) is 0 Å². The van der Waals surface area contributed by atoms with Crippen LogP contribution in [0.4, 0.5) is 0 Å². The van der Waals surface area contributed by atoms with Gasteiger partial charge in [0.1, 0.15) is 0 Å². The maximum atomic E-state index is 4.18. The average molecular weight is 208 g/mol. The molecule has 0 heterocycles. The quantitative estimate of drug-likeness (QED) is 0.545. The normalized spacial score (nSPS) is 31.5. The molecular formula is C15H28. The molecule has 0 heteroatoms. The molecule has 15 heavy (non-hydrogen) atoms. The van der Waals surface area contributed by atoms with Gasteiger partial charge in [-0.3, -0.25) is 0 Å². The zero-order valence-electron chi connectivity index (χ0n) is 10.9. The summed E-state index contributed by atoms with van der Waals surface area (Å²) >= 11 is 0. The summed E-state index contributed by atoms with van der Waals surface area (Å²) in [5.74, 6) is 2.79.